The molecule has 2 N–H and O–H groups in total. The van der Waals surface area contributed by atoms with Gasteiger partial charge in [-0.3, -0.25) is 29.2 Å². The van der Waals surface area contributed by atoms with Gasteiger partial charge in [0.1, 0.15) is 11.1 Å². The van der Waals surface area contributed by atoms with E-state index in [0.29, 0.717) is 38.8 Å². The Bertz CT molecular complexity index is 1690. The van der Waals surface area contributed by atoms with Crippen LogP contribution in [0.3, 0.4) is 0 Å². The quantitative estimate of drug-likeness (QED) is 0.138. The monoisotopic (exact) mass is 797 g/mol. The molecule has 2 aromatic rings. The molecule has 2 aromatic carbocycles. The van der Waals surface area contributed by atoms with Crippen LogP contribution in [-0.2, 0) is 22.7 Å². The van der Waals surface area contributed by atoms with Gasteiger partial charge in [0.25, 0.3) is 11.8 Å². The molecule has 4 saturated heterocycles. The number of nitrogens with one attached hydrogen (secondary N) is 2. The first-order valence-electron chi connectivity index (χ1n) is 22.4. The number of hydrogen-bond acceptors (Lipinski definition) is 6. The molecule has 6 rings (SSSR count). The van der Waals surface area contributed by atoms with Gasteiger partial charge in [0.2, 0.25) is 0 Å². The molecule has 58 heavy (non-hydrogen) atoms. The normalized spacial score (nSPS) is 35.7. The number of urea groups is 2. The zero-order valence-corrected chi connectivity index (χ0v) is 37.2. The highest BCUT2D eigenvalue weighted by molar-refractivity contribution is 6.08. The number of unbranched alkanes of at least 4 members (excludes halogenated alkanes) is 3. The average Bonchev–Trinajstić information content (AvgIpc) is 3.60. The van der Waals surface area contributed by atoms with Gasteiger partial charge in [-0.05, 0) is 90.2 Å². The topological polar surface area (TPSA) is 105 Å². The number of rotatable bonds is 15. The third-order valence-corrected chi connectivity index (χ3v) is 16.4. The molecule has 0 aromatic heterocycles. The van der Waals surface area contributed by atoms with Crippen molar-refractivity contribution < 1.29 is 19.2 Å². The molecular formula is C48H72N6O4. The summed E-state index contributed by atoms with van der Waals surface area (Å²) < 4.78 is 0. The Balaban J connectivity index is 1.07. The molecule has 0 radical (unpaired) electrons. The highest BCUT2D eigenvalue weighted by atomic mass is 16.2. The standard InChI is InChI=1S/C48H72N6O4/c1-11-43(7)33-47(35(5)45(9,13-3)53(43)31-37-25-19-17-20-26-37)39(55)51(41(57)49-47)29-23-15-16-24-30-52-40(56)48(50-42(52)58)34-44(8,12-2)54(46(10,14-4)36(48)6)32-38-27-21-18-22-28-38/h17-22,25-28,35-36H,11-16,23-24,29-34H2,1-10H3,(H,49,57)(H,50,58). The molecule has 4 fully saturated rings. The number of benzene rings is 2. The van der Waals surface area contributed by atoms with Crippen LogP contribution >= 0.6 is 0 Å². The Morgan fingerprint density at radius 3 is 1.19 bits per heavy atom. The maximum Gasteiger partial charge on any atom is 0.325 e. The van der Waals surface area contributed by atoms with Crippen LogP contribution in [0, 0.1) is 11.8 Å². The molecule has 8 atom stereocenters. The lowest BCUT2D eigenvalue weighted by Crippen LogP contribution is -2.75. The minimum Gasteiger partial charge on any atom is -0.323 e. The van der Waals surface area contributed by atoms with E-state index < -0.39 is 11.1 Å². The van der Waals surface area contributed by atoms with E-state index in [4.69, 9.17) is 0 Å². The molecule has 0 saturated carbocycles. The van der Waals surface area contributed by atoms with Gasteiger partial charge < -0.3 is 10.6 Å². The van der Waals surface area contributed by atoms with Crippen molar-refractivity contribution in [3.63, 3.8) is 0 Å². The molecule has 10 heteroatoms. The summed E-state index contributed by atoms with van der Waals surface area (Å²) in [5, 5.41) is 6.53. The first-order chi connectivity index (χ1) is 27.4. The van der Waals surface area contributed by atoms with Crippen molar-refractivity contribution in [1.29, 1.82) is 0 Å². The fourth-order valence-electron chi connectivity index (χ4n) is 11.8. The van der Waals surface area contributed by atoms with Gasteiger partial charge in [0, 0.05) is 60.2 Å². The zero-order valence-electron chi connectivity index (χ0n) is 37.2. The molecule has 4 heterocycles. The zero-order chi connectivity index (χ0) is 42.3. The van der Waals surface area contributed by atoms with E-state index in [2.05, 4.69) is 138 Å². The fraction of sp³-hybridized carbons (Fsp3) is 0.667. The van der Waals surface area contributed by atoms with Crippen molar-refractivity contribution in [1.82, 2.24) is 30.2 Å². The summed E-state index contributed by atoms with van der Waals surface area (Å²) in [6.07, 6.45) is 7.43. The number of piperidine rings is 2. The molecule has 10 nitrogen and oxygen atoms in total. The summed E-state index contributed by atoms with van der Waals surface area (Å²) in [7, 11) is 0. The molecule has 2 spiro atoms. The predicted octanol–water partition coefficient (Wildman–Crippen LogP) is 8.89. The maximum atomic E-state index is 14.5. The number of nitrogens with zero attached hydrogens (tertiary/aromatic N) is 4. The second kappa shape index (κ2) is 16.4. The van der Waals surface area contributed by atoms with Crippen molar-refractivity contribution in [3.05, 3.63) is 71.8 Å². The number of carbonyl (C=O) groups is 4. The van der Waals surface area contributed by atoms with Crippen molar-refractivity contribution in [3.8, 4) is 0 Å². The molecule has 6 amide bonds. The van der Waals surface area contributed by atoms with Crippen LogP contribution in [0.4, 0.5) is 9.59 Å². The van der Waals surface area contributed by atoms with Crippen LogP contribution < -0.4 is 10.6 Å². The smallest absolute Gasteiger partial charge is 0.323 e. The van der Waals surface area contributed by atoms with Crippen LogP contribution in [0.25, 0.3) is 0 Å². The second-order valence-electron chi connectivity index (χ2n) is 19.2. The van der Waals surface area contributed by atoms with Crippen LogP contribution in [0.5, 0.6) is 0 Å². The van der Waals surface area contributed by atoms with Gasteiger partial charge in [-0.15, -0.1) is 0 Å². The molecule has 0 bridgehead atoms. The highest BCUT2D eigenvalue weighted by Crippen LogP contribution is 2.54. The van der Waals surface area contributed by atoms with E-state index in [-0.39, 0.29) is 57.9 Å². The lowest BCUT2D eigenvalue weighted by Gasteiger charge is -2.63. The van der Waals surface area contributed by atoms with E-state index >= 15 is 0 Å². The van der Waals surface area contributed by atoms with Crippen molar-refractivity contribution in [2.45, 2.75) is 180 Å². The highest BCUT2D eigenvalue weighted by Gasteiger charge is 2.68. The summed E-state index contributed by atoms with van der Waals surface area (Å²) in [5.74, 6) is -0.413. The minimum atomic E-state index is -0.963. The Kier molecular flexibility index (Phi) is 12.4. The van der Waals surface area contributed by atoms with Gasteiger partial charge in [-0.1, -0.05) is 115 Å². The van der Waals surface area contributed by atoms with Crippen LogP contribution in [0.15, 0.2) is 60.7 Å². The molecule has 4 aliphatic heterocycles. The number of imide groups is 2. The number of carbonyl (C=O) groups excluding carboxylic acids is 4. The Morgan fingerprint density at radius 1 is 0.534 bits per heavy atom. The average molecular weight is 797 g/mol. The van der Waals surface area contributed by atoms with E-state index in [1.807, 2.05) is 12.1 Å². The first-order valence-corrected chi connectivity index (χ1v) is 22.4. The second-order valence-corrected chi connectivity index (χ2v) is 19.2. The van der Waals surface area contributed by atoms with E-state index in [1.54, 1.807) is 0 Å². The largest absolute Gasteiger partial charge is 0.325 e. The number of likely N-dealkylation sites (tertiary alicyclic amines) is 2. The summed E-state index contributed by atoms with van der Waals surface area (Å²) in [5.41, 5.74) is -0.678. The van der Waals surface area contributed by atoms with E-state index in [9.17, 15) is 19.2 Å². The van der Waals surface area contributed by atoms with Gasteiger partial charge in [0.15, 0.2) is 0 Å². The Hall–Kier alpha value is -3.76. The Morgan fingerprint density at radius 2 is 0.879 bits per heavy atom. The van der Waals surface area contributed by atoms with Crippen LogP contribution in [0.2, 0.25) is 0 Å². The van der Waals surface area contributed by atoms with Crippen molar-refractivity contribution in [2.75, 3.05) is 13.1 Å². The van der Waals surface area contributed by atoms with Gasteiger partial charge in [-0.25, -0.2) is 9.59 Å². The molecule has 4 aliphatic rings. The molecular weight excluding hydrogens is 725 g/mol. The fourth-order valence-corrected chi connectivity index (χ4v) is 11.8. The number of hydrogen-bond donors (Lipinski definition) is 2. The third-order valence-electron chi connectivity index (χ3n) is 16.4. The van der Waals surface area contributed by atoms with Crippen LogP contribution in [0.1, 0.15) is 145 Å². The first kappa shape index (κ1) is 43.8. The molecule has 318 valence electrons. The van der Waals surface area contributed by atoms with Crippen LogP contribution in [-0.4, -0.2) is 89.8 Å². The van der Waals surface area contributed by atoms with Gasteiger partial charge >= 0.3 is 12.1 Å². The minimum absolute atomic E-state index is 0.101. The van der Waals surface area contributed by atoms with E-state index in [1.165, 1.54) is 20.9 Å². The molecule has 8 unspecified atom stereocenters. The summed E-state index contributed by atoms with van der Waals surface area (Å²) in [4.78, 5) is 64.4. The molecule has 0 aliphatic carbocycles. The van der Waals surface area contributed by atoms with E-state index in [0.717, 1.165) is 51.6 Å². The lowest BCUT2D eigenvalue weighted by molar-refractivity contribution is -0.157. The third kappa shape index (κ3) is 7.07. The summed E-state index contributed by atoms with van der Waals surface area (Å²) in [6.45, 7) is 24.4. The predicted molar refractivity (Wildman–Crippen MR) is 231 cm³/mol. The number of amides is 6. The van der Waals surface area contributed by atoms with Gasteiger partial charge in [-0.2, -0.15) is 0 Å². The lowest BCUT2D eigenvalue weighted by atomic mass is 9.59. The van der Waals surface area contributed by atoms with Gasteiger partial charge in [0.05, 0.1) is 0 Å². The summed E-state index contributed by atoms with van der Waals surface area (Å²) in [6, 6.07) is 20.5. The van der Waals surface area contributed by atoms with Crippen molar-refractivity contribution >= 4 is 23.9 Å². The maximum absolute atomic E-state index is 14.5. The summed E-state index contributed by atoms with van der Waals surface area (Å²) >= 11 is 0. The Labute approximate surface area is 348 Å². The van der Waals surface area contributed by atoms with Crippen molar-refractivity contribution in [2.24, 2.45) is 11.8 Å². The SMILES string of the molecule is CCC1(C)CC2(NC(=O)N(CCCCCCN3C(=O)NC4(CC(C)(CC)N(Cc5ccccc5)C(C)(CC)C4C)C3=O)C2=O)C(C)C(C)(CC)N1Cc1ccccc1.